The van der Waals surface area contributed by atoms with Crippen molar-refractivity contribution < 1.29 is 9.47 Å². The van der Waals surface area contributed by atoms with Gasteiger partial charge < -0.3 is 14.8 Å². The van der Waals surface area contributed by atoms with Crippen LogP contribution in [0.4, 0.5) is 0 Å². The van der Waals surface area contributed by atoms with Crippen LogP contribution in [0.3, 0.4) is 0 Å². The summed E-state index contributed by atoms with van der Waals surface area (Å²) in [6.07, 6.45) is 1.90. The van der Waals surface area contributed by atoms with Crippen molar-refractivity contribution in [1.29, 1.82) is 0 Å². The summed E-state index contributed by atoms with van der Waals surface area (Å²) < 4.78 is 11.3. The summed E-state index contributed by atoms with van der Waals surface area (Å²) in [6.45, 7) is 6.92. The summed E-state index contributed by atoms with van der Waals surface area (Å²) in [5.41, 5.74) is 0. The van der Waals surface area contributed by atoms with Crippen molar-refractivity contribution in [3.05, 3.63) is 0 Å². The van der Waals surface area contributed by atoms with Gasteiger partial charge in [0.2, 0.25) is 0 Å². The van der Waals surface area contributed by atoms with Gasteiger partial charge in [-0.2, -0.15) is 0 Å². The minimum Gasteiger partial charge on any atom is -0.374 e. The van der Waals surface area contributed by atoms with E-state index >= 15 is 0 Å². The summed E-state index contributed by atoms with van der Waals surface area (Å²) in [6, 6.07) is 0.476. The van der Waals surface area contributed by atoms with Crippen LogP contribution in [0.25, 0.3) is 0 Å². The Bertz CT molecular complexity index is 150. The molecule has 0 radical (unpaired) electrons. The first-order chi connectivity index (χ1) is 6.19. The van der Waals surface area contributed by atoms with Crippen LogP contribution in [0.15, 0.2) is 0 Å². The van der Waals surface area contributed by atoms with Crippen LogP contribution in [0.1, 0.15) is 27.2 Å². The molecule has 0 heterocycles. The first-order valence-corrected chi connectivity index (χ1v) is 5.13. The molecule has 0 spiro atoms. The summed E-state index contributed by atoms with van der Waals surface area (Å²) in [5.74, 6) is 0. The average molecular weight is 187 g/mol. The topological polar surface area (TPSA) is 30.5 Å². The largest absolute Gasteiger partial charge is 0.374 e. The fourth-order valence-corrected chi connectivity index (χ4v) is 1.76. The van der Waals surface area contributed by atoms with Gasteiger partial charge in [0, 0.05) is 12.6 Å². The Hall–Kier alpha value is -0.120. The molecule has 1 aliphatic rings. The van der Waals surface area contributed by atoms with Gasteiger partial charge in [-0.3, -0.25) is 0 Å². The molecule has 3 nitrogen and oxygen atoms in total. The van der Waals surface area contributed by atoms with Crippen LogP contribution in [0.2, 0.25) is 0 Å². The summed E-state index contributed by atoms with van der Waals surface area (Å²) in [4.78, 5) is 0. The van der Waals surface area contributed by atoms with E-state index in [1.165, 1.54) is 0 Å². The first-order valence-electron chi connectivity index (χ1n) is 5.13. The van der Waals surface area contributed by atoms with Gasteiger partial charge in [-0.05, 0) is 34.2 Å². The lowest BCUT2D eigenvalue weighted by molar-refractivity contribution is -0.158. The van der Waals surface area contributed by atoms with Gasteiger partial charge in [-0.1, -0.05) is 0 Å². The maximum Gasteiger partial charge on any atom is 0.0990 e. The second-order valence-corrected chi connectivity index (χ2v) is 3.77. The molecule has 0 saturated heterocycles. The van der Waals surface area contributed by atoms with E-state index in [1.54, 1.807) is 0 Å². The molecule has 1 N–H and O–H groups in total. The molecule has 0 aromatic rings. The molecule has 78 valence electrons. The fourth-order valence-electron chi connectivity index (χ4n) is 1.76. The minimum absolute atomic E-state index is 0.248. The van der Waals surface area contributed by atoms with Crippen LogP contribution in [-0.2, 0) is 9.47 Å². The van der Waals surface area contributed by atoms with Gasteiger partial charge in [0.05, 0.1) is 18.3 Å². The highest BCUT2D eigenvalue weighted by Gasteiger charge is 2.42. The lowest BCUT2D eigenvalue weighted by Gasteiger charge is -2.44. The van der Waals surface area contributed by atoms with Crippen molar-refractivity contribution in [2.24, 2.45) is 0 Å². The number of rotatable bonds is 5. The smallest absolute Gasteiger partial charge is 0.0990 e. The lowest BCUT2D eigenvalue weighted by Crippen LogP contribution is -2.59. The third-order valence-corrected chi connectivity index (χ3v) is 2.43. The van der Waals surface area contributed by atoms with E-state index in [1.807, 2.05) is 14.0 Å². The summed E-state index contributed by atoms with van der Waals surface area (Å²) in [7, 11) is 1.97. The molecular weight excluding hydrogens is 166 g/mol. The van der Waals surface area contributed by atoms with Crippen molar-refractivity contribution in [2.45, 2.75) is 51.5 Å². The maximum absolute atomic E-state index is 5.72. The Morgan fingerprint density at radius 3 is 2.62 bits per heavy atom. The molecule has 0 aromatic heterocycles. The van der Waals surface area contributed by atoms with Crippen LogP contribution in [0, 0.1) is 0 Å². The van der Waals surface area contributed by atoms with Crippen molar-refractivity contribution in [2.75, 3.05) is 13.7 Å². The third kappa shape index (κ3) is 2.66. The first kappa shape index (κ1) is 11.0. The van der Waals surface area contributed by atoms with E-state index in [-0.39, 0.29) is 12.2 Å². The third-order valence-electron chi connectivity index (χ3n) is 2.43. The van der Waals surface area contributed by atoms with Crippen molar-refractivity contribution in [3.63, 3.8) is 0 Å². The van der Waals surface area contributed by atoms with E-state index < -0.39 is 0 Å². The standard InChI is InChI=1S/C10H21NO2/c1-5-12-10-8(11-4)6-9(10)13-7(2)3/h7-11H,5-6H2,1-4H3. The molecule has 1 rings (SSSR count). The van der Waals surface area contributed by atoms with Crippen molar-refractivity contribution in [1.82, 2.24) is 5.32 Å². The number of nitrogens with one attached hydrogen (secondary N) is 1. The van der Waals surface area contributed by atoms with Gasteiger partial charge in [0.25, 0.3) is 0 Å². The fraction of sp³-hybridized carbons (Fsp3) is 1.00. The highest BCUT2D eigenvalue weighted by atomic mass is 16.5. The highest BCUT2D eigenvalue weighted by Crippen LogP contribution is 2.27. The zero-order chi connectivity index (χ0) is 9.84. The average Bonchev–Trinajstić information content (AvgIpc) is 2.07. The Kier molecular flexibility index (Phi) is 4.16. The quantitative estimate of drug-likeness (QED) is 0.701. The molecule has 3 heteroatoms. The van der Waals surface area contributed by atoms with Crippen molar-refractivity contribution in [3.8, 4) is 0 Å². The number of hydrogen-bond donors (Lipinski definition) is 1. The molecule has 3 unspecified atom stereocenters. The number of ether oxygens (including phenoxy) is 2. The van der Waals surface area contributed by atoms with Crippen LogP contribution in [-0.4, -0.2) is 38.0 Å². The van der Waals surface area contributed by atoms with Gasteiger partial charge in [-0.15, -0.1) is 0 Å². The Morgan fingerprint density at radius 2 is 2.15 bits per heavy atom. The number of hydrogen-bond acceptors (Lipinski definition) is 3. The van der Waals surface area contributed by atoms with E-state index in [2.05, 4.69) is 19.2 Å². The molecule has 0 bridgehead atoms. The molecule has 13 heavy (non-hydrogen) atoms. The van der Waals surface area contributed by atoms with Crippen LogP contribution in [0.5, 0.6) is 0 Å². The van der Waals surface area contributed by atoms with Gasteiger partial charge in [-0.25, -0.2) is 0 Å². The second-order valence-electron chi connectivity index (χ2n) is 3.77. The molecular formula is C10H21NO2. The Labute approximate surface area is 80.8 Å². The van der Waals surface area contributed by atoms with E-state index in [9.17, 15) is 0 Å². The zero-order valence-electron chi connectivity index (χ0n) is 9.04. The molecule has 0 aliphatic heterocycles. The van der Waals surface area contributed by atoms with E-state index in [0.29, 0.717) is 12.1 Å². The molecule has 0 amide bonds. The SMILES string of the molecule is CCOC1C(NC)CC1OC(C)C. The van der Waals surface area contributed by atoms with E-state index in [4.69, 9.17) is 9.47 Å². The monoisotopic (exact) mass is 187 g/mol. The zero-order valence-corrected chi connectivity index (χ0v) is 9.04. The maximum atomic E-state index is 5.72. The molecule has 1 saturated carbocycles. The highest BCUT2D eigenvalue weighted by molar-refractivity contribution is 4.96. The van der Waals surface area contributed by atoms with Crippen LogP contribution < -0.4 is 5.32 Å². The van der Waals surface area contributed by atoms with Gasteiger partial charge in [0.1, 0.15) is 0 Å². The molecule has 1 aliphatic carbocycles. The predicted octanol–water partition coefficient (Wildman–Crippen LogP) is 1.18. The predicted molar refractivity (Wildman–Crippen MR) is 52.9 cm³/mol. The Balaban J connectivity index is 2.32. The van der Waals surface area contributed by atoms with Gasteiger partial charge >= 0.3 is 0 Å². The van der Waals surface area contributed by atoms with Crippen molar-refractivity contribution >= 4 is 0 Å². The normalized spacial score (nSPS) is 33.5. The Morgan fingerprint density at radius 1 is 1.46 bits per heavy atom. The van der Waals surface area contributed by atoms with E-state index in [0.717, 1.165) is 13.0 Å². The molecule has 3 atom stereocenters. The summed E-state index contributed by atoms with van der Waals surface area (Å²) >= 11 is 0. The second kappa shape index (κ2) is 4.94. The summed E-state index contributed by atoms with van der Waals surface area (Å²) in [5, 5.41) is 3.23. The minimum atomic E-state index is 0.248. The van der Waals surface area contributed by atoms with Gasteiger partial charge in [0.15, 0.2) is 0 Å². The van der Waals surface area contributed by atoms with Crippen LogP contribution >= 0.6 is 0 Å². The lowest BCUT2D eigenvalue weighted by atomic mass is 9.85. The molecule has 0 aromatic carbocycles. The molecule has 1 fully saturated rings. The number of likely N-dealkylation sites (N-methyl/N-ethyl adjacent to an activating group) is 1.